The zero-order valence-electron chi connectivity index (χ0n) is 18.0. The molecule has 1 aromatic rings. The minimum atomic E-state index is -3.55. The van der Waals surface area contributed by atoms with E-state index in [-0.39, 0.29) is 45.3 Å². The second-order valence-electron chi connectivity index (χ2n) is 8.59. The quantitative estimate of drug-likeness (QED) is 0.711. The smallest absolute Gasteiger partial charge is 0.410 e. The maximum atomic E-state index is 12.9. The van der Waals surface area contributed by atoms with Crippen LogP contribution in [0.1, 0.15) is 26.3 Å². The predicted octanol–water partition coefficient (Wildman–Crippen LogP) is 1.77. The second-order valence-corrected chi connectivity index (χ2v) is 10.8. The first-order valence-electron chi connectivity index (χ1n) is 10.1. The number of urea groups is 1. The molecule has 1 aromatic carbocycles. The van der Waals surface area contributed by atoms with Crippen LogP contribution in [-0.4, -0.2) is 84.8 Å². The van der Waals surface area contributed by atoms with E-state index >= 15 is 0 Å². The molecule has 0 spiro atoms. The lowest BCUT2D eigenvalue weighted by Gasteiger charge is -2.42. The average molecular weight is 449 g/mol. The molecule has 2 aliphatic rings. The Labute approximate surface area is 183 Å². The molecule has 0 atom stereocenters. The molecule has 31 heavy (non-hydrogen) atoms. The van der Waals surface area contributed by atoms with Crippen molar-refractivity contribution < 1.29 is 22.7 Å². The molecule has 0 bridgehead atoms. The number of hydrogen-bond donors (Lipinski definition) is 1. The summed E-state index contributed by atoms with van der Waals surface area (Å²) in [5, 5.41) is 2.08. The van der Waals surface area contributed by atoms with Gasteiger partial charge in [-0.2, -0.15) is 4.31 Å². The molecule has 9 nitrogen and oxygen atoms in total. The van der Waals surface area contributed by atoms with Gasteiger partial charge in [-0.05, 0) is 39.0 Å². The van der Waals surface area contributed by atoms with Gasteiger partial charge in [-0.3, -0.25) is 0 Å². The summed E-state index contributed by atoms with van der Waals surface area (Å²) < 4.78 is 32.5. The third kappa shape index (κ3) is 5.48. The number of ether oxygens (including phenoxy) is 1. The Morgan fingerprint density at radius 1 is 1.13 bits per heavy atom. The first-order chi connectivity index (χ1) is 14.5. The van der Waals surface area contributed by atoms with Crippen LogP contribution in [0.2, 0.25) is 0 Å². The molecular formula is C21H28N4O5S. The fourth-order valence-corrected chi connectivity index (χ4v) is 5.17. The van der Waals surface area contributed by atoms with Crippen LogP contribution >= 0.6 is 0 Å². The normalized spacial score (nSPS) is 18.1. The molecule has 0 unspecified atom stereocenters. The Hall–Kier alpha value is -2.77. The summed E-state index contributed by atoms with van der Waals surface area (Å²) in [6.45, 7) is 6.58. The summed E-state index contributed by atoms with van der Waals surface area (Å²) in [6, 6.07) is 6.53. The first kappa shape index (κ1) is 22.9. The molecule has 10 heteroatoms. The number of sulfonamides is 1. The van der Waals surface area contributed by atoms with Gasteiger partial charge in [-0.15, -0.1) is 6.42 Å². The van der Waals surface area contributed by atoms with Gasteiger partial charge in [-0.1, -0.05) is 12.0 Å². The number of hydrogen-bond acceptors (Lipinski definition) is 5. The van der Waals surface area contributed by atoms with Crippen LogP contribution in [0.5, 0.6) is 0 Å². The monoisotopic (exact) mass is 448 g/mol. The lowest BCUT2D eigenvalue weighted by Crippen LogP contribution is -2.62. The van der Waals surface area contributed by atoms with Gasteiger partial charge in [0.05, 0.1) is 0 Å². The molecule has 2 heterocycles. The fraction of sp³-hybridized carbons (Fsp3) is 0.524. The van der Waals surface area contributed by atoms with Crippen LogP contribution in [0.25, 0.3) is 0 Å². The van der Waals surface area contributed by atoms with Crippen LogP contribution in [0.4, 0.5) is 15.3 Å². The van der Waals surface area contributed by atoms with Crippen molar-refractivity contribution in [2.45, 2.75) is 31.6 Å². The minimum absolute atomic E-state index is 0.120. The van der Waals surface area contributed by atoms with Crippen LogP contribution < -0.4 is 5.32 Å². The van der Waals surface area contributed by atoms with E-state index in [0.29, 0.717) is 11.3 Å². The number of nitrogens with zero attached hydrogens (tertiary/aromatic N) is 3. The van der Waals surface area contributed by atoms with Crippen molar-refractivity contribution in [2.24, 2.45) is 0 Å². The maximum Gasteiger partial charge on any atom is 0.410 e. The zero-order chi connectivity index (χ0) is 22.8. The summed E-state index contributed by atoms with van der Waals surface area (Å²) in [4.78, 5) is 27.5. The minimum Gasteiger partial charge on any atom is -0.444 e. The molecule has 3 rings (SSSR count). The van der Waals surface area contributed by atoms with Gasteiger partial charge in [0.25, 0.3) is 0 Å². The Morgan fingerprint density at radius 2 is 1.77 bits per heavy atom. The number of amides is 3. The Bertz CT molecular complexity index is 982. The number of likely N-dealkylation sites (tertiary alicyclic amines) is 1. The highest BCUT2D eigenvalue weighted by Gasteiger charge is 2.44. The van der Waals surface area contributed by atoms with E-state index in [0.717, 1.165) is 0 Å². The molecule has 0 aliphatic carbocycles. The van der Waals surface area contributed by atoms with E-state index in [9.17, 15) is 18.0 Å². The van der Waals surface area contributed by atoms with Gasteiger partial charge in [0.2, 0.25) is 10.0 Å². The lowest BCUT2D eigenvalue weighted by molar-refractivity contribution is 0.0191. The Balaban J connectivity index is 1.49. The van der Waals surface area contributed by atoms with Crippen molar-refractivity contribution in [1.29, 1.82) is 0 Å². The largest absolute Gasteiger partial charge is 0.444 e. The summed E-state index contributed by atoms with van der Waals surface area (Å²) in [5.41, 5.74) is 0.607. The summed E-state index contributed by atoms with van der Waals surface area (Å²) >= 11 is 0. The molecule has 2 aliphatic heterocycles. The SMILES string of the molecule is C#Cc1cccc(NC(=O)N2CC(S(=O)(=O)N3CCN(C(=O)OC(C)(C)C)CC3)C2)c1. The van der Waals surface area contributed by atoms with Crippen LogP contribution in [-0.2, 0) is 14.8 Å². The summed E-state index contributed by atoms with van der Waals surface area (Å²) in [7, 11) is -3.55. The number of carbonyl (C=O) groups is 2. The van der Waals surface area contributed by atoms with Crippen molar-refractivity contribution in [3.8, 4) is 12.3 Å². The lowest BCUT2D eigenvalue weighted by atomic mass is 10.2. The van der Waals surface area contributed by atoms with Crippen molar-refractivity contribution in [3.63, 3.8) is 0 Å². The van der Waals surface area contributed by atoms with Gasteiger partial charge in [-0.25, -0.2) is 18.0 Å². The predicted molar refractivity (Wildman–Crippen MR) is 117 cm³/mol. The molecule has 0 radical (unpaired) electrons. The third-order valence-electron chi connectivity index (χ3n) is 5.09. The second kappa shape index (κ2) is 8.77. The molecule has 0 saturated carbocycles. The molecule has 0 aromatic heterocycles. The molecule has 3 amide bonds. The highest BCUT2D eigenvalue weighted by molar-refractivity contribution is 7.89. The first-order valence-corrected chi connectivity index (χ1v) is 11.6. The van der Waals surface area contributed by atoms with Crippen molar-refractivity contribution >= 4 is 27.8 Å². The molecule has 168 valence electrons. The van der Waals surface area contributed by atoms with Gasteiger partial charge in [0, 0.05) is 50.5 Å². The van der Waals surface area contributed by atoms with Crippen LogP contribution in [0.15, 0.2) is 24.3 Å². The number of benzene rings is 1. The van der Waals surface area contributed by atoms with E-state index in [1.807, 2.05) is 0 Å². The molecule has 2 fully saturated rings. The van der Waals surface area contributed by atoms with E-state index in [1.165, 1.54) is 14.1 Å². The maximum absolute atomic E-state index is 12.9. The van der Waals surface area contributed by atoms with Gasteiger partial charge >= 0.3 is 12.1 Å². The Kier molecular flexibility index (Phi) is 6.48. The van der Waals surface area contributed by atoms with E-state index < -0.39 is 27.0 Å². The van der Waals surface area contributed by atoms with E-state index in [2.05, 4.69) is 11.2 Å². The van der Waals surface area contributed by atoms with Gasteiger partial charge in [0.1, 0.15) is 10.9 Å². The van der Waals surface area contributed by atoms with Crippen molar-refractivity contribution in [1.82, 2.24) is 14.1 Å². The highest BCUT2D eigenvalue weighted by Crippen LogP contribution is 2.23. The summed E-state index contributed by atoms with van der Waals surface area (Å²) in [6.07, 6.45) is 4.92. The van der Waals surface area contributed by atoms with Crippen LogP contribution in [0.3, 0.4) is 0 Å². The molecular weight excluding hydrogens is 420 g/mol. The fourth-order valence-electron chi connectivity index (χ4n) is 3.34. The average Bonchev–Trinajstić information content (AvgIpc) is 2.65. The zero-order valence-corrected chi connectivity index (χ0v) is 18.8. The Morgan fingerprint density at radius 3 is 2.35 bits per heavy atom. The topological polar surface area (TPSA) is 99.3 Å². The van der Waals surface area contributed by atoms with E-state index in [4.69, 9.17) is 11.2 Å². The number of anilines is 1. The van der Waals surface area contributed by atoms with Crippen molar-refractivity contribution in [2.75, 3.05) is 44.6 Å². The number of terminal acetylenes is 1. The highest BCUT2D eigenvalue weighted by atomic mass is 32.2. The number of nitrogens with one attached hydrogen (secondary N) is 1. The van der Waals surface area contributed by atoms with Gasteiger partial charge in [0.15, 0.2) is 0 Å². The number of carbonyl (C=O) groups excluding carboxylic acids is 2. The molecule has 1 N–H and O–H groups in total. The third-order valence-corrected chi connectivity index (χ3v) is 7.31. The summed E-state index contributed by atoms with van der Waals surface area (Å²) in [5.74, 6) is 2.50. The standard InChI is InChI=1S/C21H28N4O5S/c1-5-16-7-6-8-17(13-16)22-19(26)24-14-18(15-24)31(28,29)25-11-9-23(10-12-25)20(27)30-21(2,3)4/h1,6-8,13,18H,9-12,14-15H2,2-4H3,(H,22,26). The van der Waals surface area contributed by atoms with Crippen molar-refractivity contribution in [3.05, 3.63) is 29.8 Å². The number of rotatable bonds is 3. The van der Waals surface area contributed by atoms with Crippen LogP contribution in [0, 0.1) is 12.3 Å². The number of piperazine rings is 1. The molecule has 2 saturated heterocycles. The van der Waals surface area contributed by atoms with E-state index in [1.54, 1.807) is 45.0 Å². The van der Waals surface area contributed by atoms with Gasteiger partial charge < -0.3 is 19.9 Å².